The second kappa shape index (κ2) is 9.34. The molecular formula is C22H23ClO4. The van der Waals surface area contributed by atoms with Gasteiger partial charge in [-0.25, -0.2) is 4.79 Å². The zero-order valence-corrected chi connectivity index (χ0v) is 16.5. The zero-order chi connectivity index (χ0) is 19.9. The van der Waals surface area contributed by atoms with Gasteiger partial charge in [-0.15, -0.1) is 0 Å². The molecule has 0 atom stereocenters. The van der Waals surface area contributed by atoms with Crippen molar-refractivity contribution >= 4 is 17.6 Å². The van der Waals surface area contributed by atoms with Crippen LogP contribution in [0.5, 0.6) is 11.5 Å². The largest absolute Gasteiger partial charge is 0.494 e. The van der Waals surface area contributed by atoms with Gasteiger partial charge in [0, 0.05) is 17.0 Å². The molecule has 0 saturated carbocycles. The third kappa shape index (κ3) is 6.54. The van der Waals surface area contributed by atoms with Crippen LogP contribution < -0.4 is 9.47 Å². The molecule has 0 heterocycles. The maximum absolute atomic E-state index is 11.2. The summed E-state index contributed by atoms with van der Waals surface area (Å²) in [7, 11) is 0. The molecule has 0 spiro atoms. The highest BCUT2D eigenvalue weighted by Crippen LogP contribution is 2.27. The summed E-state index contributed by atoms with van der Waals surface area (Å²) in [5.74, 6) is 6.44. The number of carboxylic acids is 1. The molecule has 0 aliphatic rings. The SMILES string of the molecule is Cc1cc(OCCCC#Cc2ccc(Cl)cc2)ccc1OC(C)(C)C(=O)O. The second-order valence-electron chi connectivity index (χ2n) is 6.61. The van der Waals surface area contributed by atoms with Gasteiger partial charge < -0.3 is 14.6 Å². The van der Waals surface area contributed by atoms with Crippen LogP contribution in [0, 0.1) is 18.8 Å². The minimum absolute atomic E-state index is 0.531. The van der Waals surface area contributed by atoms with E-state index in [-0.39, 0.29) is 0 Å². The number of halogens is 1. The predicted molar refractivity (Wildman–Crippen MR) is 107 cm³/mol. The van der Waals surface area contributed by atoms with Crippen molar-refractivity contribution in [1.82, 2.24) is 0 Å². The standard InChI is InChI=1S/C22H23ClO4/c1-16-15-19(12-13-20(16)27-22(2,3)21(24)25)26-14-6-4-5-7-17-8-10-18(23)11-9-17/h8-13,15H,4,6,14H2,1-3H3,(H,24,25). The summed E-state index contributed by atoms with van der Waals surface area (Å²) >= 11 is 5.84. The summed E-state index contributed by atoms with van der Waals surface area (Å²) in [6.07, 6.45) is 1.54. The van der Waals surface area contributed by atoms with Gasteiger partial charge in [-0.3, -0.25) is 0 Å². The van der Waals surface area contributed by atoms with E-state index in [1.165, 1.54) is 13.8 Å². The number of carboxylic acid groups (broad SMARTS) is 1. The van der Waals surface area contributed by atoms with E-state index in [1.54, 1.807) is 12.1 Å². The fourth-order valence-corrected chi connectivity index (χ4v) is 2.32. The van der Waals surface area contributed by atoms with Crippen LogP contribution in [0.15, 0.2) is 42.5 Å². The Kier molecular flexibility index (Phi) is 7.15. The molecule has 5 heteroatoms. The molecule has 2 aromatic carbocycles. The molecule has 0 aliphatic carbocycles. The van der Waals surface area contributed by atoms with Crippen molar-refractivity contribution in [2.24, 2.45) is 0 Å². The zero-order valence-electron chi connectivity index (χ0n) is 15.7. The van der Waals surface area contributed by atoms with Crippen LogP contribution in [0.2, 0.25) is 5.02 Å². The van der Waals surface area contributed by atoms with E-state index in [0.29, 0.717) is 17.4 Å². The predicted octanol–water partition coefficient (Wildman–Crippen LogP) is 5.10. The van der Waals surface area contributed by atoms with Crippen molar-refractivity contribution in [2.45, 2.75) is 39.2 Å². The van der Waals surface area contributed by atoms with Gasteiger partial charge in [0.15, 0.2) is 5.60 Å². The van der Waals surface area contributed by atoms with Crippen LogP contribution in [-0.2, 0) is 4.79 Å². The van der Waals surface area contributed by atoms with Crippen molar-refractivity contribution in [2.75, 3.05) is 6.61 Å². The van der Waals surface area contributed by atoms with Crippen LogP contribution in [0.1, 0.15) is 37.8 Å². The maximum atomic E-state index is 11.2. The summed E-state index contributed by atoms with van der Waals surface area (Å²) in [4.78, 5) is 11.2. The third-order valence-electron chi connectivity index (χ3n) is 3.82. The Hall–Kier alpha value is -2.64. The summed E-state index contributed by atoms with van der Waals surface area (Å²) < 4.78 is 11.3. The lowest BCUT2D eigenvalue weighted by atomic mass is 10.1. The van der Waals surface area contributed by atoms with E-state index in [4.69, 9.17) is 26.2 Å². The molecule has 2 rings (SSSR count). The number of ether oxygens (including phenoxy) is 2. The highest BCUT2D eigenvalue weighted by atomic mass is 35.5. The lowest BCUT2D eigenvalue weighted by molar-refractivity contribution is -0.152. The third-order valence-corrected chi connectivity index (χ3v) is 4.07. The normalized spacial score (nSPS) is 10.7. The number of carbonyl (C=O) groups is 1. The number of rotatable bonds is 7. The molecule has 0 saturated heterocycles. The van der Waals surface area contributed by atoms with Gasteiger partial charge >= 0.3 is 5.97 Å². The molecule has 2 aromatic rings. The Bertz CT molecular complexity index is 845. The smallest absolute Gasteiger partial charge is 0.347 e. The van der Waals surface area contributed by atoms with E-state index >= 15 is 0 Å². The molecule has 0 aromatic heterocycles. The molecule has 0 aliphatic heterocycles. The van der Waals surface area contributed by atoms with E-state index in [1.807, 2.05) is 37.3 Å². The highest BCUT2D eigenvalue weighted by molar-refractivity contribution is 6.30. The molecule has 0 bridgehead atoms. The van der Waals surface area contributed by atoms with E-state index in [0.717, 1.165) is 29.7 Å². The number of hydrogen-bond acceptors (Lipinski definition) is 3. The van der Waals surface area contributed by atoms with Crippen molar-refractivity contribution in [3.05, 3.63) is 58.6 Å². The first-order valence-corrected chi connectivity index (χ1v) is 9.06. The van der Waals surface area contributed by atoms with Crippen LogP contribution in [0.3, 0.4) is 0 Å². The maximum Gasteiger partial charge on any atom is 0.347 e. The molecule has 142 valence electrons. The number of unbranched alkanes of at least 4 members (excludes halogenated alkanes) is 1. The Labute approximate surface area is 165 Å². The fraction of sp³-hybridized carbons (Fsp3) is 0.318. The van der Waals surface area contributed by atoms with Crippen LogP contribution in [-0.4, -0.2) is 23.3 Å². The lowest BCUT2D eigenvalue weighted by Gasteiger charge is -2.23. The van der Waals surface area contributed by atoms with Gasteiger partial charge in [0.25, 0.3) is 0 Å². The average Bonchev–Trinajstić information content (AvgIpc) is 2.61. The summed E-state index contributed by atoms with van der Waals surface area (Å²) in [6, 6.07) is 12.8. The fourth-order valence-electron chi connectivity index (χ4n) is 2.19. The minimum Gasteiger partial charge on any atom is -0.494 e. The van der Waals surface area contributed by atoms with Gasteiger partial charge in [0.05, 0.1) is 6.61 Å². The van der Waals surface area contributed by atoms with E-state index in [9.17, 15) is 4.79 Å². The van der Waals surface area contributed by atoms with Gasteiger partial charge in [0.2, 0.25) is 0 Å². The molecule has 1 N–H and O–H groups in total. The van der Waals surface area contributed by atoms with Crippen LogP contribution in [0.4, 0.5) is 0 Å². The number of aryl methyl sites for hydroxylation is 1. The monoisotopic (exact) mass is 386 g/mol. The Morgan fingerprint density at radius 3 is 2.52 bits per heavy atom. The van der Waals surface area contributed by atoms with Gasteiger partial charge in [-0.05, 0) is 75.2 Å². The van der Waals surface area contributed by atoms with E-state index in [2.05, 4.69) is 11.8 Å². The second-order valence-corrected chi connectivity index (χ2v) is 7.04. The van der Waals surface area contributed by atoms with Crippen molar-refractivity contribution in [1.29, 1.82) is 0 Å². The Balaban J connectivity index is 1.80. The molecule has 0 unspecified atom stereocenters. The Morgan fingerprint density at radius 1 is 1.19 bits per heavy atom. The van der Waals surface area contributed by atoms with Crippen molar-refractivity contribution in [3.63, 3.8) is 0 Å². The van der Waals surface area contributed by atoms with Crippen molar-refractivity contribution in [3.8, 4) is 23.3 Å². The number of benzene rings is 2. The molecule has 0 radical (unpaired) electrons. The molecular weight excluding hydrogens is 364 g/mol. The quantitative estimate of drug-likeness (QED) is 0.531. The van der Waals surface area contributed by atoms with E-state index < -0.39 is 11.6 Å². The molecule has 0 fully saturated rings. The average molecular weight is 387 g/mol. The molecule has 4 nitrogen and oxygen atoms in total. The molecule has 27 heavy (non-hydrogen) atoms. The summed E-state index contributed by atoms with van der Waals surface area (Å²) in [6.45, 7) is 5.45. The van der Waals surface area contributed by atoms with Gasteiger partial charge in [-0.1, -0.05) is 23.4 Å². The first kappa shape index (κ1) is 20.7. The first-order valence-electron chi connectivity index (χ1n) is 8.68. The first-order chi connectivity index (χ1) is 12.8. The van der Waals surface area contributed by atoms with Crippen LogP contribution >= 0.6 is 11.6 Å². The summed E-state index contributed by atoms with van der Waals surface area (Å²) in [5.41, 5.74) is 0.482. The number of hydrogen-bond donors (Lipinski definition) is 1. The van der Waals surface area contributed by atoms with Crippen molar-refractivity contribution < 1.29 is 19.4 Å². The summed E-state index contributed by atoms with van der Waals surface area (Å²) in [5, 5.41) is 9.85. The van der Waals surface area contributed by atoms with Gasteiger partial charge in [0.1, 0.15) is 11.5 Å². The highest BCUT2D eigenvalue weighted by Gasteiger charge is 2.29. The lowest BCUT2D eigenvalue weighted by Crippen LogP contribution is -2.38. The number of aliphatic carboxylic acids is 1. The van der Waals surface area contributed by atoms with Gasteiger partial charge in [-0.2, -0.15) is 0 Å². The minimum atomic E-state index is -1.28. The van der Waals surface area contributed by atoms with Crippen LogP contribution in [0.25, 0.3) is 0 Å². The molecule has 0 amide bonds. The Morgan fingerprint density at radius 2 is 1.89 bits per heavy atom. The topological polar surface area (TPSA) is 55.8 Å².